The molecule has 0 aromatic heterocycles. The van der Waals surface area contributed by atoms with Crippen LogP contribution < -0.4 is 14.8 Å². The Kier molecular flexibility index (Phi) is 5.31. The van der Waals surface area contributed by atoms with Crippen molar-refractivity contribution in [2.45, 2.75) is 25.5 Å². The van der Waals surface area contributed by atoms with Gasteiger partial charge in [-0.3, -0.25) is 0 Å². The van der Waals surface area contributed by atoms with Gasteiger partial charge in [0.15, 0.2) is 11.5 Å². The van der Waals surface area contributed by atoms with Gasteiger partial charge in [0.1, 0.15) is 0 Å². The number of rotatable bonds is 6. The molecular formula is C14H20ClNO3. The average Bonchev–Trinajstić information content (AvgIpc) is 2.91. The van der Waals surface area contributed by atoms with E-state index in [0.717, 1.165) is 37.3 Å². The highest BCUT2D eigenvalue weighted by Gasteiger charge is 2.16. The fourth-order valence-corrected chi connectivity index (χ4v) is 2.54. The predicted molar refractivity (Wildman–Crippen MR) is 75.2 cm³/mol. The zero-order chi connectivity index (χ0) is 13.7. The Morgan fingerprint density at radius 1 is 1.37 bits per heavy atom. The molecule has 1 aromatic carbocycles. The molecule has 19 heavy (non-hydrogen) atoms. The summed E-state index contributed by atoms with van der Waals surface area (Å²) in [4.78, 5) is 0. The van der Waals surface area contributed by atoms with E-state index in [0.29, 0.717) is 23.4 Å². The van der Waals surface area contributed by atoms with E-state index in [1.54, 1.807) is 20.3 Å². The van der Waals surface area contributed by atoms with Crippen molar-refractivity contribution in [1.29, 1.82) is 0 Å². The maximum atomic E-state index is 6.08. The summed E-state index contributed by atoms with van der Waals surface area (Å²) in [6, 6.07) is 3.65. The van der Waals surface area contributed by atoms with Gasteiger partial charge in [0, 0.05) is 36.3 Å². The van der Waals surface area contributed by atoms with Crippen LogP contribution in [0.1, 0.15) is 18.4 Å². The molecule has 4 nitrogen and oxygen atoms in total. The van der Waals surface area contributed by atoms with Crippen molar-refractivity contribution in [2.24, 2.45) is 0 Å². The summed E-state index contributed by atoms with van der Waals surface area (Å²) in [5.74, 6) is 1.38. The highest BCUT2D eigenvalue weighted by molar-refractivity contribution is 6.30. The zero-order valence-electron chi connectivity index (χ0n) is 11.4. The van der Waals surface area contributed by atoms with Crippen LogP contribution in [0, 0.1) is 0 Å². The first-order valence-corrected chi connectivity index (χ1v) is 6.85. The third-order valence-electron chi connectivity index (χ3n) is 3.23. The minimum absolute atomic E-state index is 0.326. The standard InChI is InChI=1S/C14H20ClNO3/c1-17-13-7-11(15)6-10(14(13)18-2)8-16-9-12-4-3-5-19-12/h6-7,12,16H,3-5,8-9H2,1-2H3/t12-/m1/s1. The van der Waals surface area contributed by atoms with Gasteiger partial charge in [-0.2, -0.15) is 0 Å². The second-order valence-electron chi connectivity index (χ2n) is 4.57. The minimum atomic E-state index is 0.326. The molecule has 0 saturated carbocycles. The number of halogens is 1. The molecule has 0 aliphatic carbocycles. The van der Waals surface area contributed by atoms with Crippen LogP contribution in [-0.2, 0) is 11.3 Å². The molecule has 2 rings (SSSR count). The van der Waals surface area contributed by atoms with E-state index in [1.807, 2.05) is 6.07 Å². The van der Waals surface area contributed by atoms with Crippen molar-refractivity contribution in [3.8, 4) is 11.5 Å². The van der Waals surface area contributed by atoms with E-state index in [-0.39, 0.29) is 0 Å². The van der Waals surface area contributed by atoms with Gasteiger partial charge in [0.05, 0.1) is 20.3 Å². The van der Waals surface area contributed by atoms with Crippen molar-refractivity contribution in [1.82, 2.24) is 5.32 Å². The lowest BCUT2D eigenvalue weighted by Gasteiger charge is -2.15. The SMILES string of the molecule is COc1cc(Cl)cc(CNC[C@H]2CCCO2)c1OC. The van der Waals surface area contributed by atoms with Gasteiger partial charge in [-0.05, 0) is 18.9 Å². The van der Waals surface area contributed by atoms with Gasteiger partial charge in [-0.25, -0.2) is 0 Å². The molecule has 1 heterocycles. The fraction of sp³-hybridized carbons (Fsp3) is 0.571. The van der Waals surface area contributed by atoms with Crippen LogP contribution >= 0.6 is 11.6 Å². The van der Waals surface area contributed by atoms with E-state index in [1.165, 1.54) is 0 Å². The van der Waals surface area contributed by atoms with Crippen molar-refractivity contribution in [3.63, 3.8) is 0 Å². The smallest absolute Gasteiger partial charge is 0.165 e. The average molecular weight is 286 g/mol. The lowest BCUT2D eigenvalue weighted by Crippen LogP contribution is -2.26. The Morgan fingerprint density at radius 3 is 2.84 bits per heavy atom. The van der Waals surface area contributed by atoms with Gasteiger partial charge in [-0.15, -0.1) is 0 Å². The molecular weight excluding hydrogens is 266 g/mol. The summed E-state index contributed by atoms with van der Waals surface area (Å²) < 4.78 is 16.2. The Hall–Kier alpha value is -0.970. The lowest BCUT2D eigenvalue weighted by molar-refractivity contribution is 0.110. The second kappa shape index (κ2) is 6.98. The molecule has 1 saturated heterocycles. The molecule has 1 N–H and O–H groups in total. The summed E-state index contributed by atoms with van der Waals surface area (Å²) in [6.45, 7) is 2.40. The van der Waals surface area contributed by atoms with Crippen LogP contribution in [0.2, 0.25) is 5.02 Å². The molecule has 1 aliphatic heterocycles. The Labute approximate surface area is 119 Å². The monoisotopic (exact) mass is 285 g/mol. The van der Waals surface area contributed by atoms with Crippen LogP contribution in [0.5, 0.6) is 11.5 Å². The first kappa shape index (κ1) is 14.4. The Balaban J connectivity index is 1.99. The largest absolute Gasteiger partial charge is 0.493 e. The van der Waals surface area contributed by atoms with Gasteiger partial charge in [-0.1, -0.05) is 11.6 Å². The molecule has 1 atom stereocenters. The predicted octanol–water partition coefficient (Wildman–Crippen LogP) is 2.63. The van der Waals surface area contributed by atoms with Crippen molar-refractivity contribution in [2.75, 3.05) is 27.4 Å². The van der Waals surface area contributed by atoms with Crippen molar-refractivity contribution in [3.05, 3.63) is 22.7 Å². The molecule has 0 amide bonds. The molecule has 0 spiro atoms. The lowest BCUT2D eigenvalue weighted by atomic mass is 10.1. The Morgan fingerprint density at radius 2 is 2.21 bits per heavy atom. The fourth-order valence-electron chi connectivity index (χ4n) is 2.31. The quantitative estimate of drug-likeness (QED) is 0.872. The third kappa shape index (κ3) is 3.75. The minimum Gasteiger partial charge on any atom is -0.493 e. The topological polar surface area (TPSA) is 39.7 Å². The summed E-state index contributed by atoms with van der Waals surface area (Å²) in [6.07, 6.45) is 2.61. The van der Waals surface area contributed by atoms with Gasteiger partial charge in [0.2, 0.25) is 0 Å². The summed E-state index contributed by atoms with van der Waals surface area (Å²) in [5.41, 5.74) is 0.991. The maximum Gasteiger partial charge on any atom is 0.165 e. The number of methoxy groups -OCH3 is 2. The third-order valence-corrected chi connectivity index (χ3v) is 3.45. The van der Waals surface area contributed by atoms with Crippen LogP contribution in [0.15, 0.2) is 12.1 Å². The number of ether oxygens (including phenoxy) is 3. The molecule has 1 fully saturated rings. The second-order valence-corrected chi connectivity index (χ2v) is 5.00. The zero-order valence-corrected chi connectivity index (χ0v) is 12.1. The highest BCUT2D eigenvalue weighted by Crippen LogP contribution is 2.34. The van der Waals surface area contributed by atoms with Crippen LogP contribution in [0.4, 0.5) is 0 Å². The molecule has 1 aliphatic rings. The molecule has 0 radical (unpaired) electrons. The van der Waals surface area contributed by atoms with Crippen molar-refractivity contribution >= 4 is 11.6 Å². The molecule has 1 aromatic rings. The normalized spacial score (nSPS) is 18.6. The van der Waals surface area contributed by atoms with E-state index in [4.69, 9.17) is 25.8 Å². The molecule has 106 valence electrons. The summed E-state index contributed by atoms with van der Waals surface area (Å²) in [5, 5.41) is 4.02. The van der Waals surface area contributed by atoms with Crippen LogP contribution in [0.3, 0.4) is 0 Å². The van der Waals surface area contributed by atoms with Crippen molar-refractivity contribution < 1.29 is 14.2 Å². The van der Waals surface area contributed by atoms with E-state index < -0.39 is 0 Å². The van der Waals surface area contributed by atoms with E-state index >= 15 is 0 Å². The number of hydrogen-bond donors (Lipinski definition) is 1. The summed E-state index contributed by atoms with van der Waals surface area (Å²) >= 11 is 6.08. The first-order valence-electron chi connectivity index (χ1n) is 6.47. The highest BCUT2D eigenvalue weighted by atomic mass is 35.5. The van der Waals surface area contributed by atoms with Gasteiger partial charge >= 0.3 is 0 Å². The molecule has 0 bridgehead atoms. The van der Waals surface area contributed by atoms with Crippen LogP contribution in [-0.4, -0.2) is 33.5 Å². The summed E-state index contributed by atoms with van der Waals surface area (Å²) in [7, 11) is 3.24. The number of hydrogen-bond acceptors (Lipinski definition) is 4. The van der Waals surface area contributed by atoms with Gasteiger partial charge < -0.3 is 19.5 Å². The van der Waals surface area contributed by atoms with Crippen LogP contribution in [0.25, 0.3) is 0 Å². The van der Waals surface area contributed by atoms with Gasteiger partial charge in [0.25, 0.3) is 0 Å². The van der Waals surface area contributed by atoms with E-state index in [9.17, 15) is 0 Å². The molecule has 0 unspecified atom stereocenters. The molecule has 5 heteroatoms. The number of benzene rings is 1. The Bertz CT molecular complexity index is 419. The first-order chi connectivity index (χ1) is 9.24. The maximum absolute atomic E-state index is 6.08. The van der Waals surface area contributed by atoms with E-state index in [2.05, 4.69) is 5.32 Å². The number of nitrogens with one attached hydrogen (secondary N) is 1.